The summed E-state index contributed by atoms with van der Waals surface area (Å²) in [6.45, 7) is 6.59. The maximum absolute atomic E-state index is 5.02. The van der Waals surface area contributed by atoms with Crippen LogP contribution in [0.25, 0.3) is 5.69 Å². The number of hydrogen-bond acceptors (Lipinski definition) is 4. The number of aliphatic imine (C=N–C) groups is 1. The van der Waals surface area contributed by atoms with Gasteiger partial charge in [0.25, 0.3) is 0 Å². The van der Waals surface area contributed by atoms with Crippen LogP contribution in [0.2, 0.25) is 0 Å². The number of rotatable bonds is 7. The van der Waals surface area contributed by atoms with Crippen LogP contribution in [0.4, 0.5) is 0 Å². The molecule has 166 valence electrons. The molecule has 0 saturated carbocycles. The maximum atomic E-state index is 5.02. The van der Waals surface area contributed by atoms with Gasteiger partial charge in [0.1, 0.15) is 12.4 Å². The number of fused-ring (bicyclic) bond motifs is 3. The van der Waals surface area contributed by atoms with E-state index in [2.05, 4.69) is 102 Å². The van der Waals surface area contributed by atoms with Crippen molar-refractivity contribution in [2.45, 2.75) is 32.7 Å². The first kappa shape index (κ1) is 21.3. The Labute approximate surface area is 195 Å². The topological polar surface area (TPSA) is 55.1 Å². The fraction of sp³-hybridized carbons (Fsp3) is 0.250. The monoisotopic (exact) mass is 435 g/mol. The summed E-state index contributed by atoms with van der Waals surface area (Å²) in [5.74, 6) is 1.92. The molecule has 1 aromatic heterocycles. The lowest BCUT2D eigenvalue weighted by Gasteiger charge is -2.20. The minimum absolute atomic E-state index is 0.0893. The molecule has 0 aliphatic carbocycles. The van der Waals surface area contributed by atoms with Gasteiger partial charge in [-0.05, 0) is 37.6 Å². The molecule has 5 heteroatoms. The van der Waals surface area contributed by atoms with Crippen molar-refractivity contribution in [1.82, 2.24) is 20.1 Å². The highest BCUT2D eigenvalue weighted by atomic mass is 15.3. The van der Waals surface area contributed by atoms with Gasteiger partial charge < -0.3 is 5.32 Å². The molecule has 2 heterocycles. The molecule has 0 radical (unpaired) electrons. The molecule has 1 N–H and O–H groups in total. The van der Waals surface area contributed by atoms with Crippen LogP contribution < -0.4 is 5.32 Å². The van der Waals surface area contributed by atoms with Crippen LogP contribution in [0.1, 0.15) is 53.2 Å². The molecule has 1 unspecified atom stereocenters. The van der Waals surface area contributed by atoms with Gasteiger partial charge in [-0.1, -0.05) is 79.2 Å². The fourth-order valence-corrected chi connectivity index (χ4v) is 4.50. The van der Waals surface area contributed by atoms with Crippen molar-refractivity contribution in [2.24, 2.45) is 4.99 Å². The van der Waals surface area contributed by atoms with E-state index in [9.17, 15) is 0 Å². The molecule has 1 aliphatic rings. The molecule has 0 spiro atoms. The highest BCUT2D eigenvalue weighted by molar-refractivity contribution is 6.15. The highest BCUT2D eigenvalue weighted by Crippen LogP contribution is 2.31. The van der Waals surface area contributed by atoms with Crippen molar-refractivity contribution in [2.75, 3.05) is 13.1 Å². The Kier molecular flexibility index (Phi) is 6.13. The zero-order chi connectivity index (χ0) is 22.6. The van der Waals surface area contributed by atoms with E-state index < -0.39 is 0 Å². The van der Waals surface area contributed by atoms with Crippen LogP contribution in [0.15, 0.2) is 83.9 Å². The molecule has 5 rings (SSSR count). The van der Waals surface area contributed by atoms with Gasteiger partial charge in [0.05, 0.1) is 17.3 Å². The van der Waals surface area contributed by atoms with Crippen molar-refractivity contribution in [3.05, 3.63) is 113 Å². The van der Waals surface area contributed by atoms with Gasteiger partial charge in [-0.2, -0.15) is 0 Å². The van der Waals surface area contributed by atoms with E-state index in [1.807, 2.05) is 6.07 Å². The average Bonchev–Trinajstić information content (AvgIpc) is 3.19. The molecule has 0 amide bonds. The lowest BCUT2D eigenvalue weighted by Crippen LogP contribution is -2.25. The van der Waals surface area contributed by atoms with Crippen molar-refractivity contribution in [3.8, 4) is 5.69 Å². The lowest BCUT2D eigenvalue weighted by atomic mass is 9.96. The van der Waals surface area contributed by atoms with Crippen LogP contribution in [0.5, 0.6) is 0 Å². The van der Waals surface area contributed by atoms with Crippen LogP contribution in [0, 0.1) is 6.92 Å². The largest absolute Gasteiger partial charge is 0.316 e. The number of hydrogen-bond donors (Lipinski definition) is 1. The van der Waals surface area contributed by atoms with E-state index >= 15 is 0 Å². The van der Waals surface area contributed by atoms with E-state index in [1.54, 1.807) is 0 Å². The first-order valence-corrected chi connectivity index (χ1v) is 11.7. The Morgan fingerprint density at radius 1 is 0.939 bits per heavy atom. The second kappa shape index (κ2) is 9.51. The van der Waals surface area contributed by atoms with Gasteiger partial charge in [-0.15, -0.1) is 10.2 Å². The first-order chi connectivity index (χ1) is 16.3. The van der Waals surface area contributed by atoms with Crippen LogP contribution in [-0.4, -0.2) is 33.6 Å². The Hall–Kier alpha value is -3.57. The summed E-state index contributed by atoms with van der Waals surface area (Å²) in [7, 11) is 0. The third kappa shape index (κ3) is 4.24. The molecule has 3 aromatic carbocycles. The van der Waals surface area contributed by atoms with Gasteiger partial charge in [0, 0.05) is 17.7 Å². The standard InChI is InChI=1S/C28H29N5/c1-3-16-29-18-24(21-10-6-4-7-11-21)28-32-31-26-19-30-27(22-12-8-5-9-13-22)23-17-20(2)14-15-25(23)33(26)28/h4-15,17,24,29H,3,16,18-19H2,1-2H3. The summed E-state index contributed by atoms with van der Waals surface area (Å²) in [6.07, 6.45) is 1.09. The molecule has 4 aromatic rings. The molecule has 1 aliphatic heterocycles. The fourth-order valence-electron chi connectivity index (χ4n) is 4.50. The maximum Gasteiger partial charge on any atom is 0.159 e. The second-order valence-corrected chi connectivity index (χ2v) is 8.53. The zero-order valence-corrected chi connectivity index (χ0v) is 19.2. The molecule has 0 saturated heterocycles. The summed E-state index contributed by atoms with van der Waals surface area (Å²) < 4.78 is 2.24. The zero-order valence-electron chi connectivity index (χ0n) is 19.2. The van der Waals surface area contributed by atoms with Crippen molar-refractivity contribution in [1.29, 1.82) is 0 Å². The summed E-state index contributed by atoms with van der Waals surface area (Å²) in [5, 5.41) is 12.9. The normalized spacial score (nSPS) is 13.6. The predicted molar refractivity (Wildman–Crippen MR) is 133 cm³/mol. The SMILES string of the molecule is CCCNCC(c1ccccc1)c1nnc2n1-c1ccc(C)cc1C(c1ccccc1)=NC2. The number of nitrogens with one attached hydrogen (secondary N) is 1. The third-order valence-corrected chi connectivity index (χ3v) is 6.12. The van der Waals surface area contributed by atoms with Crippen molar-refractivity contribution < 1.29 is 0 Å². The molecule has 0 bridgehead atoms. The van der Waals surface area contributed by atoms with Gasteiger partial charge in [0.2, 0.25) is 0 Å². The van der Waals surface area contributed by atoms with Crippen LogP contribution in [-0.2, 0) is 6.54 Å². The number of aromatic nitrogens is 3. The van der Waals surface area contributed by atoms with E-state index in [4.69, 9.17) is 10.1 Å². The predicted octanol–water partition coefficient (Wildman–Crippen LogP) is 5.06. The van der Waals surface area contributed by atoms with Gasteiger partial charge in [0.15, 0.2) is 5.82 Å². The van der Waals surface area contributed by atoms with Crippen LogP contribution >= 0.6 is 0 Å². The Bertz CT molecular complexity index is 1260. The molecule has 33 heavy (non-hydrogen) atoms. The van der Waals surface area contributed by atoms with E-state index in [-0.39, 0.29) is 5.92 Å². The Balaban J connectivity index is 1.66. The quantitative estimate of drug-likeness (QED) is 0.413. The molecule has 5 nitrogen and oxygen atoms in total. The molecular weight excluding hydrogens is 406 g/mol. The first-order valence-electron chi connectivity index (χ1n) is 11.7. The summed E-state index contributed by atoms with van der Waals surface area (Å²) in [6, 6.07) is 27.6. The van der Waals surface area contributed by atoms with Crippen LogP contribution in [0.3, 0.4) is 0 Å². The Morgan fingerprint density at radius 2 is 1.70 bits per heavy atom. The van der Waals surface area contributed by atoms with E-state index in [0.29, 0.717) is 6.54 Å². The lowest BCUT2D eigenvalue weighted by molar-refractivity contribution is 0.600. The highest BCUT2D eigenvalue weighted by Gasteiger charge is 2.27. The Morgan fingerprint density at radius 3 is 2.45 bits per heavy atom. The van der Waals surface area contributed by atoms with Crippen molar-refractivity contribution in [3.63, 3.8) is 0 Å². The number of benzene rings is 3. The van der Waals surface area contributed by atoms with Gasteiger partial charge >= 0.3 is 0 Å². The molecule has 1 atom stereocenters. The van der Waals surface area contributed by atoms with E-state index in [0.717, 1.165) is 53.7 Å². The minimum Gasteiger partial charge on any atom is -0.316 e. The number of aryl methyl sites for hydroxylation is 1. The number of nitrogens with zero attached hydrogens (tertiary/aromatic N) is 4. The minimum atomic E-state index is 0.0893. The third-order valence-electron chi connectivity index (χ3n) is 6.12. The van der Waals surface area contributed by atoms with Gasteiger partial charge in [-0.25, -0.2) is 0 Å². The van der Waals surface area contributed by atoms with E-state index in [1.165, 1.54) is 11.1 Å². The van der Waals surface area contributed by atoms with Gasteiger partial charge in [-0.3, -0.25) is 9.56 Å². The average molecular weight is 436 g/mol. The summed E-state index contributed by atoms with van der Waals surface area (Å²) >= 11 is 0. The summed E-state index contributed by atoms with van der Waals surface area (Å²) in [4.78, 5) is 5.02. The van der Waals surface area contributed by atoms with Crippen molar-refractivity contribution >= 4 is 5.71 Å². The summed E-state index contributed by atoms with van der Waals surface area (Å²) in [5.41, 5.74) is 6.78. The molecule has 0 fully saturated rings. The smallest absolute Gasteiger partial charge is 0.159 e. The molecular formula is C28H29N5. The second-order valence-electron chi connectivity index (χ2n) is 8.53.